The first-order valence-corrected chi connectivity index (χ1v) is 9.42. The van der Waals surface area contributed by atoms with E-state index in [1.54, 1.807) is 0 Å². The standard InChI is InChI=1S/C22H22FNO5/c1-26-19(25)13-24-21-18(27-14-15-5-3-2-4-6-15)11-16-7-8-22(28-9-10-29-22)12-17(16)20(21)23/h2-6,9-11,24H,7-8,12-14H2,1H3. The van der Waals surface area contributed by atoms with E-state index in [4.69, 9.17) is 14.2 Å². The SMILES string of the molecule is COC(=O)CNc1c(OCc2ccccc2)cc2c(c1F)CC1(CC2)OC=CO1. The van der Waals surface area contributed by atoms with Crippen LogP contribution >= 0.6 is 0 Å². The largest absolute Gasteiger partial charge is 0.487 e. The highest BCUT2D eigenvalue weighted by atomic mass is 19.1. The van der Waals surface area contributed by atoms with E-state index in [9.17, 15) is 4.79 Å². The zero-order valence-corrected chi connectivity index (χ0v) is 16.1. The Morgan fingerprint density at radius 2 is 2.00 bits per heavy atom. The molecule has 2 aliphatic rings. The first-order valence-electron chi connectivity index (χ1n) is 9.42. The first-order chi connectivity index (χ1) is 14.1. The molecule has 0 saturated carbocycles. The molecule has 29 heavy (non-hydrogen) atoms. The van der Waals surface area contributed by atoms with E-state index in [0.29, 0.717) is 24.2 Å². The normalized spacial score (nSPS) is 15.9. The molecule has 1 heterocycles. The van der Waals surface area contributed by atoms with Crippen LogP contribution in [-0.2, 0) is 38.5 Å². The van der Waals surface area contributed by atoms with Crippen molar-refractivity contribution in [1.82, 2.24) is 0 Å². The predicted octanol–water partition coefficient (Wildman–Crippen LogP) is 3.69. The van der Waals surface area contributed by atoms with Crippen LogP contribution in [0.4, 0.5) is 10.1 Å². The molecule has 0 aromatic heterocycles. The topological polar surface area (TPSA) is 66.0 Å². The second-order valence-electron chi connectivity index (χ2n) is 7.00. The molecule has 2 aromatic carbocycles. The lowest BCUT2D eigenvalue weighted by atomic mass is 9.86. The molecular weight excluding hydrogens is 377 g/mol. The molecule has 0 amide bonds. The smallest absolute Gasteiger partial charge is 0.325 e. The number of hydrogen-bond donors (Lipinski definition) is 1. The molecule has 1 N–H and O–H groups in total. The van der Waals surface area contributed by atoms with E-state index in [1.807, 2.05) is 36.4 Å². The summed E-state index contributed by atoms with van der Waals surface area (Å²) in [5, 5.41) is 2.83. The molecular formula is C22H22FNO5. The summed E-state index contributed by atoms with van der Waals surface area (Å²) in [5.41, 5.74) is 2.44. The van der Waals surface area contributed by atoms with Gasteiger partial charge in [0.2, 0.25) is 0 Å². The number of aryl methyl sites for hydroxylation is 1. The molecule has 1 aliphatic heterocycles. The van der Waals surface area contributed by atoms with Crippen LogP contribution in [-0.4, -0.2) is 25.4 Å². The van der Waals surface area contributed by atoms with Crippen LogP contribution in [0.15, 0.2) is 48.9 Å². The lowest BCUT2D eigenvalue weighted by molar-refractivity contribution is -0.149. The molecule has 1 aliphatic carbocycles. The van der Waals surface area contributed by atoms with E-state index in [2.05, 4.69) is 10.1 Å². The Morgan fingerprint density at radius 3 is 2.72 bits per heavy atom. The Labute approximate surface area is 168 Å². The van der Waals surface area contributed by atoms with Gasteiger partial charge in [-0.15, -0.1) is 0 Å². The maximum absolute atomic E-state index is 15.5. The average molecular weight is 399 g/mol. The van der Waals surface area contributed by atoms with Gasteiger partial charge in [-0.25, -0.2) is 4.39 Å². The van der Waals surface area contributed by atoms with E-state index in [1.165, 1.54) is 19.6 Å². The van der Waals surface area contributed by atoms with E-state index in [-0.39, 0.29) is 25.3 Å². The Hall–Kier alpha value is -3.22. The van der Waals surface area contributed by atoms with Gasteiger partial charge in [-0.2, -0.15) is 0 Å². The second kappa shape index (κ2) is 8.03. The number of hydrogen-bond acceptors (Lipinski definition) is 6. The fraction of sp³-hybridized carbons (Fsp3) is 0.318. The van der Waals surface area contributed by atoms with Crippen molar-refractivity contribution in [1.29, 1.82) is 0 Å². The van der Waals surface area contributed by atoms with E-state index in [0.717, 1.165) is 11.1 Å². The summed E-state index contributed by atoms with van der Waals surface area (Å²) in [7, 11) is 1.28. The molecule has 0 bridgehead atoms. The van der Waals surface area contributed by atoms with Gasteiger partial charge in [-0.05, 0) is 23.6 Å². The maximum atomic E-state index is 15.5. The zero-order chi connectivity index (χ0) is 20.3. The first kappa shape index (κ1) is 19.1. The minimum Gasteiger partial charge on any atom is -0.487 e. The molecule has 1 spiro atoms. The Kier molecular flexibility index (Phi) is 5.29. The highest BCUT2D eigenvalue weighted by molar-refractivity contribution is 5.76. The zero-order valence-electron chi connectivity index (χ0n) is 16.1. The van der Waals surface area contributed by atoms with Gasteiger partial charge in [0, 0.05) is 12.0 Å². The molecule has 0 radical (unpaired) electrons. The number of nitrogens with one attached hydrogen (secondary N) is 1. The number of fused-ring (bicyclic) bond motifs is 1. The fourth-order valence-electron chi connectivity index (χ4n) is 3.59. The monoisotopic (exact) mass is 399 g/mol. The fourth-order valence-corrected chi connectivity index (χ4v) is 3.59. The third kappa shape index (κ3) is 3.99. The molecule has 0 saturated heterocycles. The van der Waals surface area contributed by atoms with Crippen LogP contribution in [0.3, 0.4) is 0 Å². The summed E-state index contributed by atoms with van der Waals surface area (Å²) in [6.07, 6.45) is 4.44. The molecule has 0 atom stereocenters. The molecule has 4 rings (SSSR count). The molecule has 152 valence electrons. The number of methoxy groups -OCH3 is 1. The average Bonchev–Trinajstić information content (AvgIpc) is 3.20. The number of halogens is 1. The third-order valence-electron chi connectivity index (χ3n) is 5.14. The minimum absolute atomic E-state index is 0.132. The lowest BCUT2D eigenvalue weighted by Crippen LogP contribution is -2.37. The number of carbonyl (C=O) groups excluding carboxylic acids is 1. The Bertz CT molecular complexity index is 921. The predicted molar refractivity (Wildman–Crippen MR) is 104 cm³/mol. The summed E-state index contributed by atoms with van der Waals surface area (Å²) in [6.45, 7) is 0.111. The lowest BCUT2D eigenvalue weighted by Gasteiger charge is -2.33. The van der Waals surface area contributed by atoms with Crippen LogP contribution in [0, 0.1) is 5.82 Å². The quantitative estimate of drug-likeness (QED) is 0.748. The summed E-state index contributed by atoms with van der Waals surface area (Å²) in [5.74, 6) is -1.47. The summed E-state index contributed by atoms with van der Waals surface area (Å²) in [6, 6.07) is 11.4. The molecule has 6 nitrogen and oxygen atoms in total. The van der Waals surface area contributed by atoms with Crippen molar-refractivity contribution >= 4 is 11.7 Å². The number of benzene rings is 2. The van der Waals surface area contributed by atoms with Gasteiger partial charge in [-0.3, -0.25) is 4.79 Å². The van der Waals surface area contributed by atoms with Crippen molar-refractivity contribution in [3.8, 4) is 5.75 Å². The van der Waals surface area contributed by atoms with Crippen molar-refractivity contribution in [3.05, 3.63) is 71.4 Å². The molecule has 2 aromatic rings. The van der Waals surface area contributed by atoms with Crippen LogP contribution in [0.5, 0.6) is 5.75 Å². The van der Waals surface area contributed by atoms with Crippen molar-refractivity contribution in [2.75, 3.05) is 19.0 Å². The number of esters is 1. The highest BCUT2D eigenvalue weighted by Crippen LogP contribution is 2.42. The Morgan fingerprint density at radius 1 is 1.24 bits per heavy atom. The van der Waals surface area contributed by atoms with Gasteiger partial charge in [0.05, 0.1) is 13.5 Å². The van der Waals surface area contributed by atoms with Gasteiger partial charge in [0.25, 0.3) is 5.79 Å². The van der Waals surface area contributed by atoms with Crippen LogP contribution in [0.25, 0.3) is 0 Å². The number of ether oxygens (including phenoxy) is 4. The molecule has 0 unspecified atom stereocenters. The Balaban J connectivity index is 1.64. The second-order valence-corrected chi connectivity index (χ2v) is 7.00. The summed E-state index contributed by atoms with van der Waals surface area (Å²) >= 11 is 0. The van der Waals surface area contributed by atoms with Gasteiger partial charge in [0.1, 0.15) is 37.1 Å². The number of carbonyl (C=O) groups is 1. The van der Waals surface area contributed by atoms with Crippen molar-refractivity contribution in [3.63, 3.8) is 0 Å². The van der Waals surface area contributed by atoms with Gasteiger partial charge in [-0.1, -0.05) is 30.3 Å². The number of rotatable bonds is 6. The van der Waals surface area contributed by atoms with Gasteiger partial charge < -0.3 is 24.3 Å². The molecule has 7 heteroatoms. The van der Waals surface area contributed by atoms with Crippen molar-refractivity contribution in [2.24, 2.45) is 0 Å². The van der Waals surface area contributed by atoms with E-state index >= 15 is 4.39 Å². The van der Waals surface area contributed by atoms with Gasteiger partial charge in [0.15, 0.2) is 5.82 Å². The summed E-state index contributed by atoms with van der Waals surface area (Å²) < 4.78 is 37.3. The van der Waals surface area contributed by atoms with E-state index < -0.39 is 17.6 Å². The van der Waals surface area contributed by atoms with Crippen molar-refractivity contribution in [2.45, 2.75) is 31.7 Å². The summed E-state index contributed by atoms with van der Waals surface area (Å²) in [4.78, 5) is 11.6. The highest BCUT2D eigenvalue weighted by Gasteiger charge is 2.41. The van der Waals surface area contributed by atoms with Crippen LogP contribution in [0.2, 0.25) is 0 Å². The van der Waals surface area contributed by atoms with Crippen LogP contribution in [0.1, 0.15) is 23.1 Å². The van der Waals surface area contributed by atoms with Crippen molar-refractivity contribution < 1.29 is 28.1 Å². The van der Waals surface area contributed by atoms with Gasteiger partial charge >= 0.3 is 5.97 Å². The maximum Gasteiger partial charge on any atom is 0.325 e. The third-order valence-corrected chi connectivity index (χ3v) is 5.14. The minimum atomic E-state index is -0.861. The van der Waals surface area contributed by atoms with Crippen LogP contribution < -0.4 is 10.1 Å². The molecule has 0 fully saturated rings. The number of anilines is 1.